The first-order valence-corrected chi connectivity index (χ1v) is 20.2. The van der Waals surface area contributed by atoms with E-state index in [1.54, 1.807) is 29.1 Å². The van der Waals surface area contributed by atoms with Crippen LogP contribution in [0.3, 0.4) is 0 Å². The number of rotatable bonds is 8. The molecule has 0 N–H and O–H groups in total. The predicted octanol–water partition coefficient (Wildman–Crippen LogP) is 12.7. The van der Waals surface area contributed by atoms with E-state index in [9.17, 15) is 115 Å². The normalized spacial score (nSPS) is 13.3. The summed E-state index contributed by atoms with van der Waals surface area (Å²) in [4.78, 5) is 27.3. The molecule has 0 saturated carbocycles. The molecule has 5 aromatic carbocycles. The molecule has 6 rings (SSSR count). The molecule has 0 radical (unpaired) electrons. The first-order valence-electron chi connectivity index (χ1n) is 20.2. The average molecular weight is 1100 g/mol. The number of benzene rings is 5. The molecule has 0 spiro atoms. The summed E-state index contributed by atoms with van der Waals surface area (Å²) in [6.07, 6.45) is -50.1. The van der Waals surface area contributed by atoms with E-state index >= 15 is 0 Å². The van der Waals surface area contributed by atoms with Gasteiger partial charge in [0.15, 0.2) is 6.20 Å². The SMILES string of the molecule is CC(=O)c1cncc[n+]1CC(=O)c1ccccc1.FC(F)(F)c1cc([B-](c2cc(C(F)(F)F)cc(C(F)(F)F)c2)(c2cc(C(F)(F)F)cc(C(F)(F)F)c2)c2cc(C(F)(F)F)cc(C(F)(F)F)c2)cc(C(F)(F)F)c1. The van der Waals surface area contributed by atoms with Crippen LogP contribution >= 0.6 is 0 Å². The van der Waals surface area contributed by atoms with Gasteiger partial charge < -0.3 is 0 Å². The maximum Gasteiger partial charge on any atom is 0.416 e. The second kappa shape index (κ2) is 20.2. The minimum absolute atomic E-state index is 0.0331. The number of nitrogens with zero attached hydrogens (tertiary/aromatic N) is 2. The lowest BCUT2D eigenvalue weighted by Crippen LogP contribution is -2.75. The first kappa shape index (κ1) is 58.8. The van der Waals surface area contributed by atoms with Gasteiger partial charge in [-0.25, -0.2) is 0 Å². The Morgan fingerprint density at radius 3 is 0.893 bits per heavy atom. The lowest BCUT2D eigenvalue weighted by Gasteiger charge is -2.46. The number of hydrogen-bond acceptors (Lipinski definition) is 3. The highest BCUT2D eigenvalue weighted by molar-refractivity contribution is 7.20. The van der Waals surface area contributed by atoms with Crippen molar-refractivity contribution in [3.63, 3.8) is 0 Å². The Labute approximate surface area is 404 Å². The van der Waals surface area contributed by atoms with E-state index in [1.807, 2.05) is 18.2 Å². The van der Waals surface area contributed by atoms with Crippen LogP contribution in [0.2, 0.25) is 0 Å². The maximum absolute atomic E-state index is 14.2. The fraction of sp³-hybridized carbons (Fsp3) is 0.217. The summed E-state index contributed by atoms with van der Waals surface area (Å²) in [6.45, 7) is 1.60. The molecule has 0 fully saturated rings. The molecule has 0 bridgehead atoms. The fourth-order valence-corrected chi connectivity index (χ4v) is 7.76. The third-order valence-corrected chi connectivity index (χ3v) is 11.0. The summed E-state index contributed by atoms with van der Waals surface area (Å²) in [6, 6.07) is 0.203. The molecule has 0 aliphatic heterocycles. The quantitative estimate of drug-likeness (QED) is 0.0660. The van der Waals surface area contributed by atoms with Crippen molar-refractivity contribution in [1.82, 2.24) is 4.98 Å². The van der Waals surface area contributed by atoms with Crippen LogP contribution in [0.15, 0.2) is 122 Å². The van der Waals surface area contributed by atoms with Gasteiger partial charge in [-0.2, -0.15) is 132 Å². The monoisotopic (exact) mass is 1100 g/mol. The molecule has 75 heavy (non-hydrogen) atoms. The zero-order chi connectivity index (χ0) is 56.9. The number of Topliss-reactive ketones (excluding diaryl/α,β-unsaturated/α-hetero) is 2. The fourth-order valence-electron chi connectivity index (χ4n) is 7.76. The van der Waals surface area contributed by atoms with Crippen molar-refractivity contribution < 1.29 is 120 Å². The summed E-state index contributed by atoms with van der Waals surface area (Å²) in [5.74, 6) is -0.140. The van der Waals surface area contributed by atoms with Crippen molar-refractivity contribution >= 4 is 39.6 Å². The van der Waals surface area contributed by atoms with Crippen LogP contribution in [0.1, 0.15) is 72.3 Å². The molecular weight excluding hydrogens is 1080 g/mol. The minimum atomic E-state index is -6.13. The van der Waals surface area contributed by atoms with E-state index < -0.39 is 195 Å². The molecular formula is C46H25BF24N2O2. The number of alkyl halides is 24. The van der Waals surface area contributed by atoms with E-state index in [0.717, 1.165) is 0 Å². The number of halogens is 24. The third kappa shape index (κ3) is 13.6. The van der Waals surface area contributed by atoms with E-state index in [1.165, 1.54) is 13.1 Å². The Hall–Kier alpha value is -7.10. The highest BCUT2D eigenvalue weighted by atomic mass is 19.4. The third-order valence-electron chi connectivity index (χ3n) is 11.0. The number of ketones is 2. The zero-order valence-electron chi connectivity index (χ0n) is 36.6. The highest BCUT2D eigenvalue weighted by Crippen LogP contribution is 2.41. The number of hydrogen-bond donors (Lipinski definition) is 0. The van der Waals surface area contributed by atoms with Gasteiger partial charge in [0, 0.05) is 12.5 Å². The largest absolute Gasteiger partial charge is 0.416 e. The summed E-state index contributed by atoms with van der Waals surface area (Å²) in [7, 11) is 0. The van der Waals surface area contributed by atoms with Crippen LogP contribution in [-0.4, -0.2) is 22.7 Å². The predicted molar refractivity (Wildman–Crippen MR) is 215 cm³/mol. The van der Waals surface area contributed by atoms with Gasteiger partial charge in [0.1, 0.15) is 12.3 Å². The first-order chi connectivity index (χ1) is 33.9. The second-order valence-corrected chi connectivity index (χ2v) is 16.2. The van der Waals surface area contributed by atoms with Gasteiger partial charge in [-0.3, -0.25) is 14.6 Å². The molecule has 0 aliphatic rings. The van der Waals surface area contributed by atoms with Gasteiger partial charge in [0.2, 0.25) is 18.1 Å². The zero-order valence-corrected chi connectivity index (χ0v) is 36.6. The number of aromatic nitrogens is 2. The highest BCUT2D eigenvalue weighted by Gasteiger charge is 2.47. The summed E-state index contributed by atoms with van der Waals surface area (Å²) >= 11 is 0. The standard InChI is InChI=1S/C32H12BF24.C14H13N2O2/c34-25(35,36)13-1-14(26(37,38)39)6-21(5-13)33(22-7-15(27(40,41)42)2-16(8-22)28(43,44)45,23-9-17(29(46,47)48)3-18(10-23)30(49,50)51)24-11-19(31(52,53)54)4-20(12-24)32(55,56)57;1-11(17)13-9-15-7-8-16(13)10-14(18)12-5-3-2-4-6-12/h1-12H;2-9H,10H2,1H3/q-1;+1. The van der Waals surface area contributed by atoms with Gasteiger partial charge in [0.05, 0.1) is 50.7 Å². The Balaban J connectivity index is 0.000000483. The van der Waals surface area contributed by atoms with Gasteiger partial charge in [-0.1, -0.05) is 78.9 Å². The molecule has 0 aliphatic carbocycles. The van der Waals surface area contributed by atoms with Crippen LogP contribution in [0.5, 0.6) is 0 Å². The van der Waals surface area contributed by atoms with Crippen LogP contribution in [0.4, 0.5) is 105 Å². The van der Waals surface area contributed by atoms with Crippen LogP contribution in [0.25, 0.3) is 0 Å². The minimum Gasteiger partial charge on any atom is -0.288 e. The molecule has 0 atom stereocenters. The van der Waals surface area contributed by atoms with Crippen molar-refractivity contribution in [3.8, 4) is 0 Å². The molecule has 29 heteroatoms. The molecule has 6 aromatic rings. The van der Waals surface area contributed by atoms with E-state index in [4.69, 9.17) is 0 Å². The maximum atomic E-state index is 14.2. The Morgan fingerprint density at radius 1 is 0.413 bits per heavy atom. The topological polar surface area (TPSA) is 50.9 Å². The Morgan fingerprint density at radius 2 is 0.667 bits per heavy atom. The van der Waals surface area contributed by atoms with E-state index in [0.29, 0.717) is 11.3 Å². The summed E-state index contributed by atoms with van der Waals surface area (Å²) < 4.78 is 342. The summed E-state index contributed by atoms with van der Waals surface area (Å²) in [5, 5.41) is 0. The molecule has 1 aromatic heterocycles. The molecule has 402 valence electrons. The average Bonchev–Trinajstić information content (AvgIpc) is 3.27. The van der Waals surface area contributed by atoms with Crippen molar-refractivity contribution in [1.29, 1.82) is 0 Å². The number of carbonyl (C=O) groups is 2. The van der Waals surface area contributed by atoms with E-state index in [2.05, 4.69) is 4.98 Å². The lowest BCUT2D eigenvalue weighted by molar-refractivity contribution is -0.685. The van der Waals surface area contributed by atoms with Gasteiger partial charge in [-0.05, 0) is 24.3 Å². The van der Waals surface area contributed by atoms with Crippen molar-refractivity contribution in [2.24, 2.45) is 0 Å². The van der Waals surface area contributed by atoms with Crippen molar-refractivity contribution in [3.05, 3.63) is 177 Å². The van der Waals surface area contributed by atoms with Gasteiger partial charge in [-0.15, -0.1) is 0 Å². The van der Waals surface area contributed by atoms with Crippen LogP contribution in [-0.2, 0) is 56.0 Å². The second-order valence-electron chi connectivity index (χ2n) is 16.2. The van der Waals surface area contributed by atoms with E-state index in [-0.39, 0.29) is 18.1 Å². The van der Waals surface area contributed by atoms with Crippen LogP contribution < -0.4 is 26.4 Å². The molecule has 0 unspecified atom stereocenters. The molecule has 0 saturated heterocycles. The number of carbonyl (C=O) groups excluding carboxylic acids is 2. The molecule has 0 amide bonds. The summed E-state index contributed by atoms with van der Waals surface area (Å²) in [5.41, 5.74) is -29.1. The van der Waals surface area contributed by atoms with Crippen molar-refractivity contribution in [2.75, 3.05) is 0 Å². The molecule has 1 heterocycles. The lowest BCUT2D eigenvalue weighted by atomic mass is 9.12. The van der Waals surface area contributed by atoms with Crippen LogP contribution in [0, 0.1) is 0 Å². The van der Waals surface area contributed by atoms with Gasteiger partial charge >= 0.3 is 49.4 Å². The van der Waals surface area contributed by atoms with Gasteiger partial charge in [0.25, 0.3) is 5.69 Å². The van der Waals surface area contributed by atoms with Crippen molar-refractivity contribution in [2.45, 2.75) is 62.9 Å². The Kier molecular flexibility index (Phi) is 15.8. The smallest absolute Gasteiger partial charge is 0.288 e. The molecule has 4 nitrogen and oxygen atoms in total. The Bertz CT molecular complexity index is 2640.